The Morgan fingerprint density at radius 1 is 1.05 bits per heavy atom. The second kappa shape index (κ2) is 6.90. The molecule has 0 aliphatic carbocycles. The van der Waals surface area contributed by atoms with Gasteiger partial charge in [0.1, 0.15) is 18.5 Å². The van der Waals surface area contributed by atoms with Crippen LogP contribution in [0, 0.1) is 0 Å². The number of rotatable bonds is 5. The fraction of sp³-hybridized carbons (Fsp3) is 0.333. The molecule has 2 aromatic carbocycles. The highest BCUT2D eigenvalue weighted by atomic mass is 19.1. The Morgan fingerprint density at radius 2 is 1.77 bits per heavy atom. The zero-order chi connectivity index (χ0) is 15.4. The van der Waals surface area contributed by atoms with E-state index in [0.717, 1.165) is 16.9 Å². The van der Waals surface area contributed by atoms with E-state index >= 15 is 0 Å². The lowest BCUT2D eigenvalue weighted by Gasteiger charge is -2.17. The van der Waals surface area contributed by atoms with Crippen molar-refractivity contribution in [3.8, 4) is 5.75 Å². The van der Waals surface area contributed by atoms with Crippen molar-refractivity contribution in [1.29, 1.82) is 0 Å². The quantitative estimate of drug-likeness (QED) is 0.922. The molecule has 2 atom stereocenters. The molecule has 3 nitrogen and oxygen atoms in total. The SMILES string of the molecule is O[C@@H]1CN(Cc2ccccc2OCc2ccccc2)C[C@H]1F. The maximum Gasteiger partial charge on any atom is 0.140 e. The van der Waals surface area contributed by atoms with E-state index in [1.807, 2.05) is 59.5 Å². The van der Waals surface area contributed by atoms with Crippen LogP contribution in [-0.4, -0.2) is 35.4 Å². The summed E-state index contributed by atoms with van der Waals surface area (Å²) in [5.41, 5.74) is 2.12. The number of hydrogen-bond donors (Lipinski definition) is 1. The predicted octanol–water partition coefficient (Wildman–Crippen LogP) is 2.78. The van der Waals surface area contributed by atoms with E-state index < -0.39 is 12.3 Å². The minimum absolute atomic E-state index is 0.272. The summed E-state index contributed by atoms with van der Waals surface area (Å²) in [6, 6.07) is 17.8. The highest BCUT2D eigenvalue weighted by Crippen LogP contribution is 2.23. The van der Waals surface area contributed by atoms with E-state index in [1.165, 1.54) is 0 Å². The average molecular weight is 301 g/mol. The number of likely N-dealkylation sites (tertiary alicyclic amines) is 1. The molecule has 3 rings (SSSR count). The van der Waals surface area contributed by atoms with Gasteiger partial charge >= 0.3 is 0 Å². The monoisotopic (exact) mass is 301 g/mol. The van der Waals surface area contributed by atoms with Crippen LogP contribution in [-0.2, 0) is 13.2 Å². The Bertz CT molecular complexity index is 595. The molecule has 1 N–H and O–H groups in total. The van der Waals surface area contributed by atoms with Crippen LogP contribution >= 0.6 is 0 Å². The molecule has 0 aromatic heterocycles. The van der Waals surface area contributed by atoms with Gasteiger partial charge in [-0.2, -0.15) is 0 Å². The molecule has 0 spiro atoms. The molecule has 0 unspecified atom stereocenters. The maximum absolute atomic E-state index is 13.4. The van der Waals surface area contributed by atoms with Crippen molar-refractivity contribution in [2.75, 3.05) is 13.1 Å². The van der Waals surface area contributed by atoms with Crippen molar-refractivity contribution in [3.63, 3.8) is 0 Å². The summed E-state index contributed by atoms with van der Waals surface area (Å²) in [5.74, 6) is 0.808. The van der Waals surface area contributed by atoms with Gasteiger partial charge in [0, 0.05) is 25.2 Å². The van der Waals surface area contributed by atoms with E-state index in [2.05, 4.69) is 0 Å². The minimum Gasteiger partial charge on any atom is -0.489 e. The van der Waals surface area contributed by atoms with Crippen molar-refractivity contribution >= 4 is 0 Å². The molecule has 0 bridgehead atoms. The smallest absolute Gasteiger partial charge is 0.140 e. The number of nitrogens with zero attached hydrogens (tertiary/aromatic N) is 1. The van der Waals surface area contributed by atoms with Crippen LogP contribution in [0.1, 0.15) is 11.1 Å². The van der Waals surface area contributed by atoms with Crippen molar-refractivity contribution in [2.24, 2.45) is 0 Å². The first-order chi connectivity index (χ1) is 10.7. The maximum atomic E-state index is 13.4. The van der Waals surface area contributed by atoms with Gasteiger partial charge < -0.3 is 9.84 Å². The number of alkyl halides is 1. The highest BCUT2D eigenvalue weighted by Gasteiger charge is 2.31. The van der Waals surface area contributed by atoms with Crippen molar-refractivity contribution in [1.82, 2.24) is 4.90 Å². The third-order valence-electron chi connectivity index (χ3n) is 3.90. The molecule has 116 valence electrons. The van der Waals surface area contributed by atoms with Gasteiger partial charge in [0.2, 0.25) is 0 Å². The van der Waals surface area contributed by atoms with Gasteiger partial charge in [-0.25, -0.2) is 4.39 Å². The third kappa shape index (κ3) is 3.64. The zero-order valence-electron chi connectivity index (χ0n) is 12.4. The number of aliphatic hydroxyl groups is 1. The van der Waals surface area contributed by atoms with E-state index in [9.17, 15) is 9.50 Å². The number of halogens is 1. The van der Waals surface area contributed by atoms with Crippen molar-refractivity contribution < 1.29 is 14.2 Å². The summed E-state index contributed by atoms with van der Waals surface area (Å²) in [6.45, 7) is 1.73. The Labute approximate surface area is 130 Å². The summed E-state index contributed by atoms with van der Waals surface area (Å²) in [7, 11) is 0. The Balaban J connectivity index is 1.65. The molecule has 1 fully saturated rings. The Hall–Kier alpha value is -1.91. The number of aliphatic hydroxyl groups excluding tert-OH is 1. The number of hydrogen-bond acceptors (Lipinski definition) is 3. The molecule has 0 saturated carbocycles. The summed E-state index contributed by atoms with van der Waals surface area (Å²) < 4.78 is 19.3. The number of para-hydroxylation sites is 1. The highest BCUT2D eigenvalue weighted by molar-refractivity contribution is 5.33. The van der Waals surface area contributed by atoms with E-state index in [-0.39, 0.29) is 6.54 Å². The fourth-order valence-electron chi connectivity index (χ4n) is 2.70. The molecule has 1 aliphatic rings. The number of ether oxygens (including phenoxy) is 1. The normalized spacial score (nSPS) is 21.9. The lowest BCUT2D eigenvalue weighted by Crippen LogP contribution is -2.21. The van der Waals surface area contributed by atoms with E-state index in [4.69, 9.17) is 4.74 Å². The van der Waals surface area contributed by atoms with Crippen LogP contribution < -0.4 is 4.74 Å². The van der Waals surface area contributed by atoms with Gasteiger partial charge in [-0.05, 0) is 11.6 Å². The van der Waals surface area contributed by atoms with Gasteiger partial charge in [0.15, 0.2) is 0 Å². The Morgan fingerprint density at radius 3 is 2.50 bits per heavy atom. The molecule has 22 heavy (non-hydrogen) atoms. The zero-order valence-corrected chi connectivity index (χ0v) is 12.4. The van der Waals surface area contributed by atoms with Crippen LogP contribution in [0.2, 0.25) is 0 Å². The van der Waals surface area contributed by atoms with Gasteiger partial charge in [-0.3, -0.25) is 4.90 Å². The summed E-state index contributed by atoms with van der Waals surface area (Å²) >= 11 is 0. The molecule has 1 aliphatic heterocycles. The van der Waals surface area contributed by atoms with Crippen molar-refractivity contribution in [2.45, 2.75) is 25.4 Å². The van der Waals surface area contributed by atoms with E-state index in [0.29, 0.717) is 19.7 Å². The van der Waals surface area contributed by atoms with Crippen LogP contribution in [0.15, 0.2) is 54.6 Å². The molecular formula is C18H20FNO2. The largest absolute Gasteiger partial charge is 0.489 e. The first kappa shape index (κ1) is 15.0. The number of β-amino-alcohol motifs (C(OH)–C–C–N with tert-alkyl or cyclic N) is 1. The first-order valence-corrected chi connectivity index (χ1v) is 7.51. The molecule has 0 radical (unpaired) electrons. The lowest BCUT2D eigenvalue weighted by molar-refractivity contribution is 0.115. The summed E-state index contributed by atoms with van der Waals surface area (Å²) in [5, 5.41) is 9.52. The summed E-state index contributed by atoms with van der Waals surface area (Å²) in [4.78, 5) is 1.92. The molecule has 4 heteroatoms. The molecule has 0 amide bonds. The first-order valence-electron chi connectivity index (χ1n) is 7.51. The summed E-state index contributed by atoms with van der Waals surface area (Å²) in [6.07, 6.45) is -2.03. The molecule has 2 aromatic rings. The van der Waals surface area contributed by atoms with Gasteiger partial charge in [0.05, 0.1) is 6.10 Å². The van der Waals surface area contributed by atoms with Gasteiger partial charge in [-0.1, -0.05) is 48.5 Å². The number of benzene rings is 2. The minimum atomic E-state index is -1.16. The van der Waals surface area contributed by atoms with E-state index in [1.54, 1.807) is 0 Å². The predicted molar refractivity (Wildman–Crippen MR) is 83.4 cm³/mol. The van der Waals surface area contributed by atoms with Crippen LogP contribution in [0.5, 0.6) is 5.75 Å². The molecular weight excluding hydrogens is 281 g/mol. The third-order valence-corrected chi connectivity index (χ3v) is 3.90. The fourth-order valence-corrected chi connectivity index (χ4v) is 2.70. The van der Waals surface area contributed by atoms with Crippen LogP contribution in [0.3, 0.4) is 0 Å². The second-order valence-corrected chi connectivity index (χ2v) is 5.66. The average Bonchev–Trinajstić information content (AvgIpc) is 2.85. The molecule has 1 saturated heterocycles. The van der Waals surface area contributed by atoms with Gasteiger partial charge in [0.25, 0.3) is 0 Å². The Kier molecular flexibility index (Phi) is 4.71. The van der Waals surface area contributed by atoms with Gasteiger partial charge in [-0.15, -0.1) is 0 Å². The van der Waals surface area contributed by atoms with Crippen molar-refractivity contribution in [3.05, 3.63) is 65.7 Å². The topological polar surface area (TPSA) is 32.7 Å². The van der Waals surface area contributed by atoms with Crippen LogP contribution in [0.25, 0.3) is 0 Å². The molecule has 1 heterocycles. The second-order valence-electron chi connectivity index (χ2n) is 5.66. The van der Waals surface area contributed by atoms with Crippen LogP contribution in [0.4, 0.5) is 4.39 Å². The lowest BCUT2D eigenvalue weighted by atomic mass is 10.2. The standard InChI is InChI=1S/C18H20FNO2/c19-16-11-20(12-17(16)21)10-15-8-4-5-9-18(15)22-13-14-6-2-1-3-7-14/h1-9,16-17,21H,10-13H2/t16-,17-/m1/s1.